The standard InChI is InChI=1S/C17H23NO3/c1-12-7-9-15(14(11-12)17(20)21)18-16(19)10-8-13-5-3-2-4-6-13/h7,9,11,13H,2-6,8,10H2,1H3,(H,18,19)(H,20,21)/p-1. The molecule has 0 saturated heterocycles. The van der Waals surface area contributed by atoms with E-state index in [2.05, 4.69) is 5.32 Å². The van der Waals surface area contributed by atoms with Gasteiger partial charge < -0.3 is 15.2 Å². The number of aromatic carboxylic acids is 1. The van der Waals surface area contributed by atoms with Crippen molar-refractivity contribution in [2.45, 2.75) is 51.9 Å². The van der Waals surface area contributed by atoms with Gasteiger partial charge in [-0.05, 0) is 31.4 Å². The van der Waals surface area contributed by atoms with E-state index >= 15 is 0 Å². The van der Waals surface area contributed by atoms with Crippen LogP contribution < -0.4 is 10.4 Å². The van der Waals surface area contributed by atoms with Gasteiger partial charge in [-0.15, -0.1) is 0 Å². The van der Waals surface area contributed by atoms with Crippen LogP contribution in [0.2, 0.25) is 0 Å². The molecule has 1 aliphatic carbocycles. The van der Waals surface area contributed by atoms with Gasteiger partial charge >= 0.3 is 0 Å². The lowest BCUT2D eigenvalue weighted by Gasteiger charge is -2.21. The van der Waals surface area contributed by atoms with Gasteiger partial charge in [-0.25, -0.2) is 0 Å². The van der Waals surface area contributed by atoms with Crippen LogP contribution in [-0.4, -0.2) is 11.9 Å². The number of nitrogens with one attached hydrogen (secondary N) is 1. The average molecular weight is 288 g/mol. The molecule has 0 spiro atoms. The minimum atomic E-state index is -1.26. The van der Waals surface area contributed by atoms with Crippen LogP contribution in [0.3, 0.4) is 0 Å². The molecule has 1 amide bonds. The lowest BCUT2D eigenvalue weighted by atomic mass is 9.86. The van der Waals surface area contributed by atoms with Gasteiger partial charge in [-0.3, -0.25) is 4.79 Å². The summed E-state index contributed by atoms with van der Waals surface area (Å²) in [7, 11) is 0. The molecular weight excluding hydrogens is 266 g/mol. The van der Waals surface area contributed by atoms with Crippen LogP contribution in [0.1, 0.15) is 60.9 Å². The first-order valence-corrected chi connectivity index (χ1v) is 7.68. The van der Waals surface area contributed by atoms with E-state index in [1.165, 1.54) is 38.2 Å². The minimum Gasteiger partial charge on any atom is -0.545 e. The number of carbonyl (C=O) groups excluding carboxylic acids is 2. The number of carboxylic acid groups (broad SMARTS) is 1. The van der Waals surface area contributed by atoms with Crippen molar-refractivity contribution in [2.75, 3.05) is 5.32 Å². The Morgan fingerprint density at radius 1 is 1.24 bits per heavy atom. The molecular formula is C17H22NO3-. The summed E-state index contributed by atoms with van der Waals surface area (Å²) in [5.41, 5.74) is 1.20. The van der Waals surface area contributed by atoms with Gasteiger partial charge in [0, 0.05) is 17.7 Å². The third-order valence-corrected chi connectivity index (χ3v) is 4.17. The highest BCUT2D eigenvalue weighted by atomic mass is 16.4. The summed E-state index contributed by atoms with van der Waals surface area (Å²) in [4.78, 5) is 23.1. The van der Waals surface area contributed by atoms with E-state index in [-0.39, 0.29) is 11.5 Å². The van der Waals surface area contributed by atoms with Crippen LogP contribution in [0.4, 0.5) is 5.69 Å². The molecule has 4 heteroatoms. The lowest BCUT2D eigenvalue weighted by molar-refractivity contribution is -0.254. The van der Waals surface area contributed by atoms with Crippen molar-refractivity contribution in [1.29, 1.82) is 0 Å². The van der Waals surface area contributed by atoms with Gasteiger partial charge in [-0.2, -0.15) is 0 Å². The first-order chi connectivity index (χ1) is 10.1. The van der Waals surface area contributed by atoms with Crippen LogP contribution in [0.5, 0.6) is 0 Å². The van der Waals surface area contributed by atoms with E-state index in [0.717, 1.165) is 12.0 Å². The molecule has 0 aromatic heterocycles. The fraction of sp³-hybridized carbons (Fsp3) is 0.529. The summed E-state index contributed by atoms with van der Waals surface area (Å²) in [5, 5.41) is 13.8. The summed E-state index contributed by atoms with van der Waals surface area (Å²) >= 11 is 0. The zero-order chi connectivity index (χ0) is 15.2. The minimum absolute atomic E-state index is 0.0426. The number of amides is 1. The highest BCUT2D eigenvalue weighted by Gasteiger charge is 2.15. The summed E-state index contributed by atoms with van der Waals surface area (Å²) in [6, 6.07) is 4.92. The molecule has 1 aromatic carbocycles. The zero-order valence-electron chi connectivity index (χ0n) is 12.5. The number of rotatable bonds is 5. The van der Waals surface area contributed by atoms with E-state index in [4.69, 9.17) is 0 Å². The molecule has 0 bridgehead atoms. The van der Waals surface area contributed by atoms with Gasteiger partial charge in [0.25, 0.3) is 0 Å². The van der Waals surface area contributed by atoms with Crippen LogP contribution in [0, 0.1) is 12.8 Å². The maximum atomic E-state index is 12.0. The Kier molecular flexibility index (Phi) is 5.37. The van der Waals surface area contributed by atoms with Crippen molar-refractivity contribution < 1.29 is 14.7 Å². The summed E-state index contributed by atoms with van der Waals surface area (Å²) in [5.74, 6) is -0.740. The molecule has 0 atom stereocenters. The largest absolute Gasteiger partial charge is 0.545 e. The molecule has 114 valence electrons. The van der Waals surface area contributed by atoms with Crippen molar-refractivity contribution in [2.24, 2.45) is 5.92 Å². The van der Waals surface area contributed by atoms with Gasteiger partial charge in [0.05, 0.1) is 5.97 Å². The fourth-order valence-corrected chi connectivity index (χ4v) is 2.96. The first-order valence-electron chi connectivity index (χ1n) is 7.68. The van der Waals surface area contributed by atoms with E-state index in [9.17, 15) is 14.7 Å². The number of anilines is 1. The Morgan fingerprint density at radius 3 is 2.62 bits per heavy atom. The molecule has 0 aliphatic heterocycles. The maximum absolute atomic E-state index is 12.0. The number of aryl methyl sites for hydroxylation is 1. The Bertz CT molecular complexity index is 519. The number of benzene rings is 1. The molecule has 0 radical (unpaired) electrons. The molecule has 4 nitrogen and oxygen atoms in total. The maximum Gasteiger partial charge on any atom is 0.224 e. The van der Waals surface area contributed by atoms with E-state index in [1.54, 1.807) is 19.1 Å². The van der Waals surface area contributed by atoms with Crippen LogP contribution >= 0.6 is 0 Å². The van der Waals surface area contributed by atoms with Crippen molar-refractivity contribution in [3.63, 3.8) is 0 Å². The third-order valence-electron chi connectivity index (χ3n) is 4.17. The normalized spacial score (nSPS) is 15.7. The van der Waals surface area contributed by atoms with Gasteiger partial charge in [0.15, 0.2) is 0 Å². The molecule has 1 saturated carbocycles. The zero-order valence-corrected chi connectivity index (χ0v) is 12.5. The second-order valence-corrected chi connectivity index (χ2v) is 5.93. The molecule has 0 unspecified atom stereocenters. The quantitative estimate of drug-likeness (QED) is 0.905. The van der Waals surface area contributed by atoms with Crippen molar-refractivity contribution in [3.8, 4) is 0 Å². The first kappa shape index (κ1) is 15.5. The summed E-state index contributed by atoms with van der Waals surface area (Å²) in [6.45, 7) is 1.81. The Hall–Kier alpha value is -1.84. The van der Waals surface area contributed by atoms with Gasteiger partial charge in [0.1, 0.15) is 0 Å². The molecule has 2 rings (SSSR count). The number of carboxylic acids is 1. The number of hydrogen-bond acceptors (Lipinski definition) is 3. The fourth-order valence-electron chi connectivity index (χ4n) is 2.96. The Morgan fingerprint density at radius 2 is 1.95 bits per heavy atom. The monoisotopic (exact) mass is 288 g/mol. The highest BCUT2D eigenvalue weighted by molar-refractivity contribution is 5.99. The topological polar surface area (TPSA) is 69.2 Å². The van der Waals surface area contributed by atoms with Gasteiger partial charge in [0.2, 0.25) is 5.91 Å². The second kappa shape index (κ2) is 7.25. The van der Waals surface area contributed by atoms with Crippen molar-refractivity contribution in [3.05, 3.63) is 29.3 Å². The average Bonchev–Trinajstić information content (AvgIpc) is 2.48. The lowest BCUT2D eigenvalue weighted by Crippen LogP contribution is -2.25. The Labute approximate surface area is 125 Å². The van der Waals surface area contributed by atoms with E-state index < -0.39 is 5.97 Å². The van der Waals surface area contributed by atoms with Crippen LogP contribution in [0.25, 0.3) is 0 Å². The molecule has 1 N–H and O–H groups in total. The number of carbonyl (C=O) groups is 2. The van der Waals surface area contributed by atoms with Crippen LogP contribution in [-0.2, 0) is 4.79 Å². The summed E-state index contributed by atoms with van der Waals surface area (Å²) in [6.07, 6.45) is 7.59. The van der Waals surface area contributed by atoms with Gasteiger partial charge in [-0.1, -0.05) is 43.7 Å². The van der Waals surface area contributed by atoms with Crippen molar-refractivity contribution >= 4 is 17.6 Å². The Balaban J connectivity index is 1.91. The highest BCUT2D eigenvalue weighted by Crippen LogP contribution is 2.27. The SMILES string of the molecule is Cc1ccc(NC(=O)CCC2CCCCC2)c(C(=O)[O-])c1. The molecule has 21 heavy (non-hydrogen) atoms. The molecule has 1 aromatic rings. The summed E-state index contributed by atoms with van der Waals surface area (Å²) < 4.78 is 0. The molecule has 0 heterocycles. The predicted molar refractivity (Wildman–Crippen MR) is 79.9 cm³/mol. The van der Waals surface area contributed by atoms with Crippen molar-refractivity contribution in [1.82, 2.24) is 0 Å². The smallest absolute Gasteiger partial charge is 0.224 e. The molecule has 1 fully saturated rings. The van der Waals surface area contributed by atoms with E-state index in [0.29, 0.717) is 18.0 Å². The predicted octanol–water partition coefficient (Wildman–Crippen LogP) is 2.66. The third kappa shape index (κ3) is 4.59. The van der Waals surface area contributed by atoms with E-state index in [1.807, 2.05) is 0 Å². The molecule has 1 aliphatic rings. The second-order valence-electron chi connectivity index (χ2n) is 5.93. The van der Waals surface area contributed by atoms with Crippen LogP contribution in [0.15, 0.2) is 18.2 Å². The number of hydrogen-bond donors (Lipinski definition) is 1.